The summed E-state index contributed by atoms with van der Waals surface area (Å²) in [6.45, 7) is 5.69. The van der Waals surface area contributed by atoms with Crippen LogP contribution in [0.2, 0.25) is 0 Å². The van der Waals surface area contributed by atoms with E-state index < -0.39 is 0 Å². The fourth-order valence-corrected chi connectivity index (χ4v) is 2.34. The van der Waals surface area contributed by atoms with Gasteiger partial charge in [0.05, 0.1) is 13.2 Å². The number of rotatable bonds is 6. The van der Waals surface area contributed by atoms with Gasteiger partial charge in [0.15, 0.2) is 0 Å². The summed E-state index contributed by atoms with van der Waals surface area (Å²) in [5.41, 5.74) is 7.21. The van der Waals surface area contributed by atoms with Gasteiger partial charge in [-0.05, 0) is 24.6 Å². The molecule has 1 saturated heterocycles. The molecular formula is C15H23N3O2. The maximum Gasteiger partial charge on any atom is 0.251 e. The molecule has 20 heavy (non-hydrogen) atoms. The highest BCUT2D eigenvalue weighted by Gasteiger charge is 2.11. The standard InChI is InChI=1S/C15H23N3O2/c16-12-13-4-1-2-5-14(13)15(19)17-6-3-7-18-8-10-20-11-9-18/h1-2,4-5H,3,6-12,16H2,(H,17,19). The highest BCUT2D eigenvalue weighted by atomic mass is 16.5. The maximum absolute atomic E-state index is 12.1. The van der Waals surface area contributed by atoms with E-state index in [0.717, 1.165) is 44.8 Å². The normalized spacial score (nSPS) is 16.1. The molecule has 0 aromatic heterocycles. The molecule has 3 N–H and O–H groups in total. The van der Waals surface area contributed by atoms with E-state index in [-0.39, 0.29) is 5.91 Å². The Hall–Kier alpha value is -1.43. The lowest BCUT2D eigenvalue weighted by atomic mass is 10.1. The van der Waals surface area contributed by atoms with Crippen molar-refractivity contribution in [2.45, 2.75) is 13.0 Å². The van der Waals surface area contributed by atoms with Crippen LogP contribution in [0.5, 0.6) is 0 Å². The Morgan fingerprint density at radius 3 is 2.80 bits per heavy atom. The average molecular weight is 277 g/mol. The summed E-state index contributed by atoms with van der Waals surface area (Å²) in [7, 11) is 0. The van der Waals surface area contributed by atoms with Gasteiger partial charge in [-0.2, -0.15) is 0 Å². The number of morpholine rings is 1. The van der Waals surface area contributed by atoms with Gasteiger partial charge in [0.2, 0.25) is 0 Å². The van der Waals surface area contributed by atoms with Crippen molar-refractivity contribution in [3.63, 3.8) is 0 Å². The Labute approximate surface area is 120 Å². The van der Waals surface area contributed by atoms with Crippen LogP contribution in [0, 0.1) is 0 Å². The van der Waals surface area contributed by atoms with Crippen LogP contribution in [0.1, 0.15) is 22.3 Å². The zero-order chi connectivity index (χ0) is 14.2. The van der Waals surface area contributed by atoms with Crippen molar-refractivity contribution < 1.29 is 9.53 Å². The lowest BCUT2D eigenvalue weighted by Gasteiger charge is -2.26. The molecule has 1 heterocycles. The zero-order valence-corrected chi connectivity index (χ0v) is 11.8. The van der Waals surface area contributed by atoms with Crippen molar-refractivity contribution in [3.05, 3.63) is 35.4 Å². The molecule has 0 spiro atoms. The van der Waals surface area contributed by atoms with Gasteiger partial charge in [-0.3, -0.25) is 9.69 Å². The first-order chi connectivity index (χ1) is 9.81. The van der Waals surface area contributed by atoms with Crippen LogP contribution in [0.4, 0.5) is 0 Å². The second-order valence-corrected chi connectivity index (χ2v) is 4.92. The van der Waals surface area contributed by atoms with Crippen molar-refractivity contribution in [2.75, 3.05) is 39.4 Å². The molecule has 0 radical (unpaired) electrons. The van der Waals surface area contributed by atoms with E-state index >= 15 is 0 Å². The van der Waals surface area contributed by atoms with Crippen LogP contribution in [0.3, 0.4) is 0 Å². The average Bonchev–Trinajstić information content (AvgIpc) is 2.52. The number of nitrogens with two attached hydrogens (primary N) is 1. The monoisotopic (exact) mass is 277 g/mol. The third-order valence-electron chi connectivity index (χ3n) is 3.52. The first-order valence-electron chi connectivity index (χ1n) is 7.17. The summed E-state index contributed by atoms with van der Waals surface area (Å²) < 4.78 is 5.30. The number of benzene rings is 1. The minimum Gasteiger partial charge on any atom is -0.379 e. The van der Waals surface area contributed by atoms with E-state index in [1.54, 1.807) is 0 Å². The molecule has 0 bridgehead atoms. The van der Waals surface area contributed by atoms with Gasteiger partial charge >= 0.3 is 0 Å². The second-order valence-electron chi connectivity index (χ2n) is 4.92. The topological polar surface area (TPSA) is 67.6 Å². The van der Waals surface area contributed by atoms with E-state index in [2.05, 4.69) is 10.2 Å². The molecule has 5 heteroatoms. The van der Waals surface area contributed by atoms with Gasteiger partial charge < -0.3 is 15.8 Å². The van der Waals surface area contributed by atoms with Gasteiger partial charge in [-0.15, -0.1) is 0 Å². The predicted octanol–water partition coefficient (Wildman–Crippen LogP) is 0.597. The molecule has 1 aliphatic rings. The van der Waals surface area contributed by atoms with Crippen molar-refractivity contribution in [1.82, 2.24) is 10.2 Å². The Morgan fingerprint density at radius 1 is 1.30 bits per heavy atom. The summed E-state index contributed by atoms with van der Waals surface area (Å²) in [4.78, 5) is 14.4. The Balaban J connectivity index is 1.72. The molecule has 0 atom stereocenters. The van der Waals surface area contributed by atoms with Crippen molar-refractivity contribution in [1.29, 1.82) is 0 Å². The summed E-state index contributed by atoms with van der Waals surface area (Å²) in [5, 5.41) is 2.96. The molecule has 1 aromatic carbocycles. The van der Waals surface area contributed by atoms with Gasteiger partial charge in [0, 0.05) is 31.7 Å². The molecule has 1 aliphatic heterocycles. The molecule has 0 unspecified atom stereocenters. The lowest BCUT2D eigenvalue weighted by Crippen LogP contribution is -2.38. The maximum atomic E-state index is 12.1. The first kappa shape index (κ1) is 15.0. The zero-order valence-electron chi connectivity index (χ0n) is 11.8. The second kappa shape index (κ2) is 7.99. The molecule has 1 aromatic rings. The number of hydrogen-bond donors (Lipinski definition) is 2. The Bertz CT molecular complexity index is 431. The summed E-state index contributed by atoms with van der Waals surface area (Å²) in [6.07, 6.45) is 0.955. The van der Waals surface area contributed by atoms with Crippen LogP contribution in [-0.2, 0) is 11.3 Å². The van der Waals surface area contributed by atoms with Crippen LogP contribution < -0.4 is 11.1 Å². The molecule has 0 aliphatic carbocycles. The number of hydrogen-bond acceptors (Lipinski definition) is 4. The van der Waals surface area contributed by atoms with Crippen LogP contribution >= 0.6 is 0 Å². The highest BCUT2D eigenvalue weighted by molar-refractivity contribution is 5.95. The van der Waals surface area contributed by atoms with Crippen molar-refractivity contribution in [3.8, 4) is 0 Å². The first-order valence-corrected chi connectivity index (χ1v) is 7.17. The van der Waals surface area contributed by atoms with Crippen molar-refractivity contribution >= 4 is 5.91 Å². The van der Waals surface area contributed by atoms with E-state index in [1.807, 2.05) is 24.3 Å². The quantitative estimate of drug-likeness (QED) is 0.747. The molecule has 5 nitrogen and oxygen atoms in total. The molecule has 1 amide bonds. The Kier molecular flexibility index (Phi) is 5.98. The molecule has 2 rings (SSSR count). The molecule has 1 fully saturated rings. The number of nitrogens with one attached hydrogen (secondary N) is 1. The number of carbonyl (C=O) groups is 1. The number of carbonyl (C=O) groups excluding carboxylic acids is 1. The van der Waals surface area contributed by atoms with Gasteiger partial charge in [-0.25, -0.2) is 0 Å². The van der Waals surface area contributed by atoms with Gasteiger partial charge in [0.1, 0.15) is 0 Å². The number of ether oxygens (including phenoxy) is 1. The minimum absolute atomic E-state index is 0.0342. The number of amides is 1. The smallest absolute Gasteiger partial charge is 0.251 e. The van der Waals surface area contributed by atoms with Crippen LogP contribution in [0.25, 0.3) is 0 Å². The third kappa shape index (κ3) is 4.30. The lowest BCUT2D eigenvalue weighted by molar-refractivity contribution is 0.0374. The van der Waals surface area contributed by atoms with Gasteiger partial charge in [-0.1, -0.05) is 18.2 Å². The number of nitrogens with zero attached hydrogens (tertiary/aromatic N) is 1. The van der Waals surface area contributed by atoms with Gasteiger partial charge in [0.25, 0.3) is 5.91 Å². The fourth-order valence-electron chi connectivity index (χ4n) is 2.34. The predicted molar refractivity (Wildman–Crippen MR) is 78.5 cm³/mol. The Morgan fingerprint density at radius 2 is 2.05 bits per heavy atom. The summed E-state index contributed by atoms with van der Waals surface area (Å²) >= 11 is 0. The highest BCUT2D eigenvalue weighted by Crippen LogP contribution is 2.07. The van der Waals surface area contributed by atoms with Crippen LogP contribution in [-0.4, -0.2) is 50.2 Å². The molecule has 0 saturated carbocycles. The van der Waals surface area contributed by atoms with E-state index in [9.17, 15) is 4.79 Å². The van der Waals surface area contributed by atoms with Crippen molar-refractivity contribution in [2.24, 2.45) is 5.73 Å². The summed E-state index contributed by atoms with van der Waals surface area (Å²) in [6, 6.07) is 7.47. The molecular weight excluding hydrogens is 254 g/mol. The fraction of sp³-hybridized carbons (Fsp3) is 0.533. The van der Waals surface area contributed by atoms with E-state index in [0.29, 0.717) is 18.7 Å². The van der Waals surface area contributed by atoms with E-state index in [4.69, 9.17) is 10.5 Å². The largest absolute Gasteiger partial charge is 0.379 e. The molecule has 110 valence electrons. The SMILES string of the molecule is NCc1ccccc1C(=O)NCCCN1CCOCC1. The summed E-state index contributed by atoms with van der Waals surface area (Å²) in [5.74, 6) is -0.0342. The third-order valence-corrected chi connectivity index (χ3v) is 3.52. The minimum atomic E-state index is -0.0342. The van der Waals surface area contributed by atoms with Crippen LogP contribution in [0.15, 0.2) is 24.3 Å². The van der Waals surface area contributed by atoms with E-state index in [1.165, 1.54) is 0 Å².